The van der Waals surface area contributed by atoms with Crippen LogP contribution in [-0.4, -0.2) is 62.3 Å². The summed E-state index contributed by atoms with van der Waals surface area (Å²) in [6.07, 6.45) is 23.1. The van der Waals surface area contributed by atoms with Crippen molar-refractivity contribution in [3.63, 3.8) is 0 Å². The van der Waals surface area contributed by atoms with Crippen molar-refractivity contribution in [1.82, 2.24) is 0 Å². The van der Waals surface area contributed by atoms with Gasteiger partial charge in [0.15, 0.2) is 5.12 Å². The summed E-state index contributed by atoms with van der Waals surface area (Å²) in [7, 11) is -0.203. The molecule has 1 saturated heterocycles. The van der Waals surface area contributed by atoms with Crippen molar-refractivity contribution >= 4 is 26.6 Å². The minimum absolute atomic E-state index is 0.155. The van der Waals surface area contributed by atoms with Gasteiger partial charge in [-0.15, -0.1) is 0 Å². The molecular formula is C27H56NO3SSi+. The van der Waals surface area contributed by atoms with Crippen LogP contribution in [0, 0.1) is 0 Å². The SMILES string of the molecule is CCCCCCCCCCCCC(CCOCO)[N+]1(CCCSC(C)=O)CCCCCC[SiH2]1. The third-order valence-electron chi connectivity index (χ3n) is 7.61. The number of hydrogen-bond acceptors (Lipinski definition) is 4. The molecule has 0 aliphatic carbocycles. The van der Waals surface area contributed by atoms with E-state index in [-0.39, 0.29) is 21.6 Å². The molecular weight excluding hydrogens is 446 g/mol. The first kappa shape index (κ1) is 31.1. The monoisotopic (exact) mass is 502 g/mol. The zero-order chi connectivity index (χ0) is 24.0. The molecule has 33 heavy (non-hydrogen) atoms. The Labute approximate surface area is 212 Å². The Morgan fingerprint density at radius 2 is 1.61 bits per heavy atom. The molecule has 0 spiro atoms. The molecule has 1 aliphatic rings. The van der Waals surface area contributed by atoms with Crippen LogP contribution in [0.2, 0.25) is 6.04 Å². The number of rotatable bonds is 20. The number of unbranched alkanes of at least 4 members (excludes halogenated alkanes) is 9. The zero-order valence-corrected chi connectivity index (χ0v) is 24.4. The van der Waals surface area contributed by atoms with Crippen molar-refractivity contribution in [1.29, 1.82) is 0 Å². The van der Waals surface area contributed by atoms with Crippen LogP contribution >= 0.6 is 11.8 Å². The molecule has 2 unspecified atom stereocenters. The predicted octanol–water partition coefficient (Wildman–Crippen LogP) is 6.59. The largest absolute Gasteiger partial charge is 0.385 e. The minimum atomic E-state index is -0.203. The summed E-state index contributed by atoms with van der Waals surface area (Å²) in [4.78, 5) is 11.4. The molecule has 2 atom stereocenters. The standard InChI is InChI=1S/C27H56NO3SSi/c1-3-4-5-6-7-8-9-10-11-14-18-27(19-22-31-25-29)28(21-17-23-32-26(2)30)20-15-12-13-16-24-33-28/h27,29H,3-25,33H2,1-2H3/q+1. The van der Waals surface area contributed by atoms with Gasteiger partial charge in [0.2, 0.25) is 0 Å². The summed E-state index contributed by atoms with van der Waals surface area (Å²) in [5.41, 5.74) is 0. The number of ether oxygens (including phenoxy) is 1. The fourth-order valence-corrected chi connectivity index (χ4v) is 9.10. The first-order valence-corrected chi connectivity index (χ1v) is 16.9. The van der Waals surface area contributed by atoms with Gasteiger partial charge in [-0.1, -0.05) is 89.3 Å². The highest BCUT2D eigenvalue weighted by atomic mass is 32.2. The number of carbonyl (C=O) groups excluding carboxylic acids is 1. The van der Waals surface area contributed by atoms with Gasteiger partial charge in [-0.3, -0.25) is 4.79 Å². The van der Waals surface area contributed by atoms with Gasteiger partial charge < -0.3 is 14.0 Å². The maximum Gasteiger partial charge on any atom is 0.255 e. The van der Waals surface area contributed by atoms with E-state index in [2.05, 4.69) is 6.92 Å². The topological polar surface area (TPSA) is 46.5 Å². The molecule has 1 rings (SSSR count). The van der Waals surface area contributed by atoms with Gasteiger partial charge in [0.1, 0.15) is 6.79 Å². The Bertz CT molecular complexity index is 459. The summed E-state index contributed by atoms with van der Waals surface area (Å²) in [5, 5.41) is 9.43. The molecule has 1 aliphatic heterocycles. The summed E-state index contributed by atoms with van der Waals surface area (Å²) >= 11 is 1.50. The number of thioether (sulfide) groups is 1. The van der Waals surface area contributed by atoms with Crippen LogP contribution in [0.5, 0.6) is 0 Å². The van der Waals surface area contributed by atoms with E-state index in [1.165, 1.54) is 131 Å². The number of aliphatic hydroxyl groups is 1. The van der Waals surface area contributed by atoms with Crippen LogP contribution in [0.15, 0.2) is 0 Å². The third kappa shape index (κ3) is 15.7. The average molecular weight is 503 g/mol. The van der Waals surface area contributed by atoms with Crippen molar-refractivity contribution in [3.8, 4) is 0 Å². The number of hydrogen-bond donors (Lipinski definition) is 1. The molecule has 1 N–H and O–H groups in total. The predicted molar refractivity (Wildman–Crippen MR) is 147 cm³/mol. The van der Waals surface area contributed by atoms with E-state index < -0.39 is 0 Å². The molecule has 0 aromatic carbocycles. The highest BCUT2D eigenvalue weighted by Gasteiger charge is 2.35. The van der Waals surface area contributed by atoms with Gasteiger partial charge in [-0.05, 0) is 31.7 Å². The van der Waals surface area contributed by atoms with E-state index in [4.69, 9.17) is 4.74 Å². The number of quaternary nitrogens is 1. The second kappa shape index (κ2) is 21.4. The van der Waals surface area contributed by atoms with Crippen LogP contribution < -0.4 is 0 Å². The summed E-state index contributed by atoms with van der Waals surface area (Å²) < 4.78 is 6.79. The first-order chi connectivity index (χ1) is 16.1. The minimum Gasteiger partial charge on any atom is -0.385 e. The van der Waals surface area contributed by atoms with E-state index in [1.54, 1.807) is 6.92 Å². The molecule has 196 valence electrons. The second-order valence-corrected chi connectivity index (χ2v) is 14.0. The number of aliphatic hydroxyl groups excluding tert-OH is 1. The fourth-order valence-electron chi connectivity index (χ4n) is 5.71. The van der Waals surface area contributed by atoms with Crippen LogP contribution in [0.4, 0.5) is 0 Å². The van der Waals surface area contributed by atoms with Gasteiger partial charge in [0.05, 0.1) is 25.7 Å². The lowest BCUT2D eigenvalue weighted by Gasteiger charge is -2.48. The normalized spacial score (nSPS) is 21.1. The molecule has 0 aromatic heterocycles. The Hall–Kier alpha value is 0.117. The Balaban J connectivity index is 2.57. The molecule has 6 heteroatoms. The van der Waals surface area contributed by atoms with Gasteiger partial charge in [-0.2, -0.15) is 0 Å². The first-order valence-electron chi connectivity index (χ1n) is 14.3. The van der Waals surface area contributed by atoms with Crippen molar-refractivity contribution in [2.45, 2.75) is 135 Å². The Kier molecular flexibility index (Phi) is 20.2. The van der Waals surface area contributed by atoms with Crippen LogP contribution in [0.3, 0.4) is 0 Å². The summed E-state index contributed by atoms with van der Waals surface area (Å²) in [5.74, 6) is 0.974. The van der Waals surface area contributed by atoms with Crippen molar-refractivity contribution in [3.05, 3.63) is 0 Å². The highest BCUT2D eigenvalue weighted by molar-refractivity contribution is 8.13. The second-order valence-electron chi connectivity index (χ2n) is 10.3. The van der Waals surface area contributed by atoms with E-state index in [0.29, 0.717) is 12.6 Å². The van der Waals surface area contributed by atoms with E-state index in [9.17, 15) is 9.90 Å². The summed E-state index contributed by atoms with van der Waals surface area (Å²) in [6.45, 7) is 7.12. The number of nitrogens with zero attached hydrogens (tertiary/aromatic N) is 1. The molecule has 1 heterocycles. The lowest BCUT2D eigenvalue weighted by atomic mass is 10.0. The molecule has 0 radical (unpaired) electrons. The van der Waals surface area contributed by atoms with E-state index in [0.717, 1.165) is 18.6 Å². The van der Waals surface area contributed by atoms with E-state index in [1.807, 2.05) is 0 Å². The van der Waals surface area contributed by atoms with Gasteiger partial charge in [0.25, 0.3) is 9.68 Å². The maximum absolute atomic E-state index is 11.4. The summed E-state index contributed by atoms with van der Waals surface area (Å²) in [6, 6.07) is 2.16. The van der Waals surface area contributed by atoms with Crippen LogP contribution in [0.25, 0.3) is 0 Å². The molecule has 0 saturated carbocycles. The third-order valence-corrected chi connectivity index (χ3v) is 11.4. The van der Waals surface area contributed by atoms with Gasteiger partial charge in [-0.25, -0.2) is 0 Å². The van der Waals surface area contributed by atoms with Crippen molar-refractivity contribution in [2.24, 2.45) is 0 Å². The molecule has 0 aromatic rings. The van der Waals surface area contributed by atoms with E-state index >= 15 is 0 Å². The van der Waals surface area contributed by atoms with Gasteiger partial charge in [0, 0.05) is 25.5 Å². The zero-order valence-electron chi connectivity index (χ0n) is 22.2. The number of carbonyl (C=O) groups is 1. The molecule has 4 nitrogen and oxygen atoms in total. The molecule has 0 amide bonds. The maximum atomic E-state index is 11.4. The lowest BCUT2D eigenvalue weighted by Crippen LogP contribution is -2.59. The Morgan fingerprint density at radius 3 is 2.27 bits per heavy atom. The molecule has 0 bridgehead atoms. The Morgan fingerprint density at radius 1 is 0.939 bits per heavy atom. The molecule has 1 fully saturated rings. The highest BCUT2D eigenvalue weighted by Crippen LogP contribution is 2.28. The van der Waals surface area contributed by atoms with Gasteiger partial charge >= 0.3 is 0 Å². The average Bonchev–Trinajstić information content (AvgIpc) is 2.78. The van der Waals surface area contributed by atoms with Crippen molar-refractivity contribution < 1.29 is 18.8 Å². The fraction of sp³-hybridized carbons (Fsp3) is 0.963. The smallest absolute Gasteiger partial charge is 0.255 e. The quantitative estimate of drug-likeness (QED) is 0.116. The van der Waals surface area contributed by atoms with Crippen LogP contribution in [-0.2, 0) is 9.53 Å². The lowest BCUT2D eigenvalue weighted by molar-refractivity contribution is -0.851. The van der Waals surface area contributed by atoms with Crippen molar-refractivity contribution in [2.75, 3.05) is 32.2 Å². The van der Waals surface area contributed by atoms with Crippen LogP contribution in [0.1, 0.15) is 123 Å².